The Bertz CT molecular complexity index is 662. The van der Waals surface area contributed by atoms with Crippen LogP contribution in [0.1, 0.15) is 50.1 Å². The molecule has 2 aromatic rings. The van der Waals surface area contributed by atoms with Crippen LogP contribution in [-0.4, -0.2) is 35.5 Å². The Hall–Kier alpha value is -0.880. The molecule has 0 N–H and O–H groups in total. The van der Waals surface area contributed by atoms with E-state index in [9.17, 15) is 4.21 Å². The molecule has 0 aliphatic heterocycles. The summed E-state index contributed by atoms with van der Waals surface area (Å²) in [6, 6.07) is 0.191. The summed E-state index contributed by atoms with van der Waals surface area (Å²) in [5, 5.41) is 4.37. The summed E-state index contributed by atoms with van der Waals surface area (Å²) in [5.41, 5.74) is 2.87. The molecule has 0 aromatic carbocycles. The summed E-state index contributed by atoms with van der Waals surface area (Å²) in [6.07, 6.45) is 2.57. The van der Waals surface area contributed by atoms with Crippen LogP contribution in [0.3, 0.4) is 0 Å². The van der Waals surface area contributed by atoms with E-state index in [1.54, 1.807) is 6.26 Å². The largest absolute Gasteiger partial charge is 0.309 e. The van der Waals surface area contributed by atoms with Crippen LogP contribution >= 0.6 is 11.6 Å². The molecule has 7 heteroatoms. The molecule has 0 fully saturated rings. The molecular formula is C14H23ClN4OS. The summed E-state index contributed by atoms with van der Waals surface area (Å²) in [6.45, 7) is 8.89. The van der Waals surface area contributed by atoms with E-state index in [1.807, 2.05) is 18.5 Å². The molecule has 118 valence electrons. The van der Waals surface area contributed by atoms with E-state index >= 15 is 0 Å². The Morgan fingerprint density at radius 1 is 1.38 bits per heavy atom. The quantitative estimate of drug-likeness (QED) is 0.764. The van der Waals surface area contributed by atoms with Crippen LogP contribution in [0.15, 0.2) is 0 Å². The number of imidazole rings is 1. The van der Waals surface area contributed by atoms with Gasteiger partial charge < -0.3 is 4.57 Å². The van der Waals surface area contributed by atoms with Crippen LogP contribution in [0.5, 0.6) is 0 Å². The van der Waals surface area contributed by atoms with Gasteiger partial charge in [-0.05, 0) is 34.1 Å². The van der Waals surface area contributed by atoms with Gasteiger partial charge in [0.25, 0.3) is 0 Å². The molecule has 5 nitrogen and oxygen atoms in total. The molecule has 0 spiro atoms. The van der Waals surface area contributed by atoms with Gasteiger partial charge in [-0.2, -0.15) is 5.10 Å². The third-order valence-electron chi connectivity index (χ3n) is 3.69. The lowest BCUT2D eigenvalue weighted by Crippen LogP contribution is -2.15. The molecule has 21 heavy (non-hydrogen) atoms. The molecule has 0 radical (unpaired) electrons. The molecule has 3 atom stereocenters. The number of aryl methyl sites for hydroxylation is 2. The van der Waals surface area contributed by atoms with Gasteiger partial charge in [0.15, 0.2) is 5.65 Å². The van der Waals surface area contributed by atoms with Gasteiger partial charge >= 0.3 is 0 Å². The summed E-state index contributed by atoms with van der Waals surface area (Å²) < 4.78 is 15.5. The van der Waals surface area contributed by atoms with Crippen molar-refractivity contribution in [3.8, 4) is 0 Å². The first-order valence-electron chi connectivity index (χ1n) is 7.26. The molecular weight excluding hydrogens is 308 g/mol. The Morgan fingerprint density at radius 3 is 2.57 bits per heavy atom. The number of hydrogen-bond acceptors (Lipinski definition) is 3. The zero-order chi connectivity index (χ0) is 15.7. The first kappa shape index (κ1) is 16.5. The van der Waals surface area contributed by atoms with Gasteiger partial charge in [0.2, 0.25) is 0 Å². The van der Waals surface area contributed by atoms with Crippen LogP contribution < -0.4 is 0 Å². The second-order valence-electron chi connectivity index (χ2n) is 5.44. The Kier molecular flexibility index (Phi) is 5.09. The number of halogens is 1. The summed E-state index contributed by atoms with van der Waals surface area (Å²) in [4.78, 5) is 4.70. The van der Waals surface area contributed by atoms with Crippen molar-refractivity contribution >= 4 is 33.6 Å². The Balaban J connectivity index is 2.56. The second kappa shape index (κ2) is 6.48. The first-order chi connectivity index (χ1) is 9.86. The van der Waals surface area contributed by atoms with Gasteiger partial charge in [0.1, 0.15) is 11.3 Å². The van der Waals surface area contributed by atoms with Gasteiger partial charge in [-0.15, -0.1) is 11.6 Å². The number of fused-ring (bicyclic) bond motifs is 1. The minimum absolute atomic E-state index is 0.170. The highest BCUT2D eigenvalue weighted by atomic mass is 35.5. The lowest BCUT2D eigenvalue weighted by molar-refractivity contribution is 0.505. The SMILES string of the molecule is CCn1nc(C)c2nc(C(C)Cl)n(C(C)CCS(C)=O)c21. The smallest absolute Gasteiger partial charge is 0.159 e. The molecule has 2 rings (SSSR count). The standard InChI is InChI=1S/C14H23ClN4OS/c1-6-18-14-12(11(4)17-18)16-13(10(3)15)19(14)9(2)7-8-21(5)20/h9-10H,6-8H2,1-5H3. The molecule has 0 aliphatic rings. The fraction of sp³-hybridized carbons (Fsp3) is 0.714. The van der Waals surface area contributed by atoms with Crippen molar-refractivity contribution in [2.45, 2.75) is 52.1 Å². The molecule has 2 aromatic heterocycles. The average molecular weight is 331 g/mol. The van der Waals surface area contributed by atoms with Gasteiger partial charge in [-0.25, -0.2) is 9.67 Å². The third kappa shape index (κ3) is 3.16. The van der Waals surface area contributed by atoms with Gasteiger partial charge in [-0.3, -0.25) is 4.21 Å². The molecule has 2 heterocycles. The predicted molar refractivity (Wildman–Crippen MR) is 88.5 cm³/mol. The Labute approximate surface area is 133 Å². The zero-order valence-electron chi connectivity index (χ0n) is 13.3. The lowest BCUT2D eigenvalue weighted by Gasteiger charge is -2.18. The first-order valence-corrected chi connectivity index (χ1v) is 9.42. The van der Waals surface area contributed by atoms with Gasteiger partial charge in [0, 0.05) is 35.4 Å². The van der Waals surface area contributed by atoms with Crippen LogP contribution in [-0.2, 0) is 17.3 Å². The highest BCUT2D eigenvalue weighted by molar-refractivity contribution is 7.84. The summed E-state index contributed by atoms with van der Waals surface area (Å²) in [7, 11) is -0.790. The summed E-state index contributed by atoms with van der Waals surface area (Å²) >= 11 is 6.32. The fourth-order valence-corrected chi connectivity index (χ4v) is 3.43. The highest BCUT2D eigenvalue weighted by Gasteiger charge is 2.23. The fourth-order valence-electron chi connectivity index (χ4n) is 2.61. The minimum Gasteiger partial charge on any atom is -0.309 e. The van der Waals surface area contributed by atoms with E-state index in [0.717, 1.165) is 35.6 Å². The third-order valence-corrected chi connectivity index (χ3v) is 4.70. The van der Waals surface area contributed by atoms with Crippen molar-refractivity contribution in [2.75, 3.05) is 12.0 Å². The van der Waals surface area contributed by atoms with E-state index in [1.165, 1.54) is 0 Å². The minimum atomic E-state index is -0.790. The number of nitrogens with zero attached hydrogens (tertiary/aromatic N) is 4. The number of aromatic nitrogens is 4. The van der Waals surface area contributed by atoms with Crippen molar-refractivity contribution in [3.63, 3.8) is 0 Å². The topological polar surface area (TPSA) is 52.7 Å². The maximum absolute atomic E-state index is 11.4. The van der Waals surface area contributed by atoms with Crippen LogP contribution in [0.25, 0.3) is 11.2 Å². The highest BCUT2D eigenvalue weighted by Crippen LogP contribution is 2.30. The normalized spacial score (nSPS) is 16.3. The van der Waals surface area contributed by atoms with E-state index in [4.69, 9.17) is 16.6 Å². The molecule has 0 aliphatic carbocycles. The molecule has 0 saturated heterocycles. The van der Waals surface area contributed by atoms with Crippen molar-refractivity contribution in [2.24, 2.45) is 0 Å². The van der Waals surface area contributed by atoms with E-state index < -0.39 is 10.8 Å². The van der Waals surface area contributed by atoms with Crippen molar-refractivity contribution < 1.29 is 4.21 Å². The van der Waals surface area contributed by atoms with E-state index in [-0.39, 0.29) is 11.4 Å². The van der Waals surface area contributed by atoms with E-state index in [2.05, 4.69) is 23.5 Å². The predicted octanol–water partition coefficient (Wildman–Crippen LogP) is 3.19. The van der Waals surface area contributed by atoms with Crippen LogP contribution in [0, 0.1) is 6.92 Å². The van der Waals surface area contributed by atoms with Gasteiger partial charge in [0.05, 0.1) is 11.1 Å². The van der Waals surface area contributed by atoms with Crippen LogP contribution in [0.4, 0.5) is 0 Å². The number of alkyl halides is 1. The maximum Gasteiger partial charge on any atom is 0.159 e. The van der Waals surface area contributed by atoms with Crippen molar-refractivity contribution in [1.82, 2.24) is 19.3 Å². The second-order valence-corrected chi connectivity index (χ2v) is 7.65. The molecule has 0 amide bonds. The Morgan fingerprint density at radius 2 is 2.05 bits per heavy atom. The number of rotatable bonds is 6. The lowest BCUT2D eigenvalue weighted by atomic mass is 10.2. The average Bonchev–Trinajstić information content (AvgIpc) is 2.94. The van der Waals surface area contributed by atoms with Crippen molar-refractivity contribution in [3.05, 3.63) is 11.5 Å². The monoisotopic (exact) mass is 330 g/mol. The summed E-state index contributed by atoms with van der Waals surface area (Å²) in [5.74, 6) is 1.54. The van der Waals surface area contributed by atoms with Crippen LogP contribution in [0.2, 0.25) is 0 Å². The zero-order valence-corrected chi connectivity index (χ0v) is 14.8. The van der Waals surface area contributed by atoms with Crippen molar-refractivity contribution in [1.29, 1.82) is 0 Å². The van der Waals surface area contributed by atoms with E-state index in [0.29, 0.717) is 5.75 Å². The molecule has 0 bridgehead atoms. The number of hydrogen-bond donors (Lipinski definition) is 0. The van der Waals surface area contributed by atoms with Gasteiger partial charge in [-0.1, -0.05) is 0 Å². The molecule has 0 saturated carbocycles. The molecule has 3 unspecified atom stereocenters. The maximum atomic E-state index is 11.4.